The number of esters is 1. The lowest BCUT2D eigenvalue weighted by Crippen LogP contribution is -2.22. The summed E-state index contributed by atoms with van der Waals surface area (Å²) in [5, 5.41) is 0. The van der Waals surface area contributed by atoms with E-state index in [-0.39, 0.29) is 17.9 Å². The summed E-state index contributed by atoms with van der Waals surface area (Å²) in [6.45, 7) is 2.77. The first-order valence-corrected chi connectivity index (χ1v) is 4.91. The summed E-state index contributed by atoms with van der Waals surface area (Å²) in [6, 6.07) is 0.617. The summed E-state index contributed by atoms with van der Waals surface area (Å²) in [6.07, 6.45) is -4.94. The van der Waals surface area contributed by atoms with Crippen LogP contribution in [-0.4, -0.2) is 23.9 Å². The molecule has 8 heteroatoms. The van der Waals surface area contributed by atoms with E-state index in [1.165, 1.54) is 13.8 Å². The van der Waals surface area contributed by atoms with Crippen LogP contribution in [0.4, 0.5) is 13.2 Å². The normalized spacial score (nSPS) is 11.2. The van der Waals surface area contributed by atoms with Crippen LogP contribution in [0.15, 0.2) is 10.9 Å². The molecule has 0 saturated heterocycles. The van der Waals surface area contributed by atoms with Gasteiger partial charge in [-0.15, -0.1) is 13.2 Å². The lowest BCUT2D eigenvalue weighted by Gasteiger charge is -2.12. The Hall–Kier alpha value is -1.99. The molecule has 0 aliphatic heterocycles. The van der Waals surface area contributed by atoms with Crippen molar-refractivity contribution in [3.63, 3.8) is 0 Å². The lowest BCUT2D eigenvalue weighted by molar-refractivity contribution is -0.274. The van der Waals surface area contributed by atoms with Crippen LogP contribution < -0.4 is 10.3 Å². The number of halogens is 3. The van der Waals surface area contributed by atoms with Crippen LogP contribution in [0.1, 0.15) is 23.0 Å². The van der Waals surface area contributed by atoms with E-state index >= 15 is 0 Å². The zero-order valence-electron chi connectivity index (χ0n) is 9.55. The Labute approximate surface area is 99.5 Å². The topological polar surface area (TPSA) is 68.4 Å². The fourth-order valence-electron chi connectivity index (χ4n) is 1.24. The molecule has 0 saturated carbocycles. The van der Waals surface area contributed by atoms with Crippen molar-refractivity contribution in [1.29, 1.82) is 0 Å². The average molecular weight is 265 g/mol. The van der Waals surface area contributed by atoms with E-state index < -0.39 is 23.6 Å². The molecule has 0 radical (unpaired) electrons. The number of rotatable bonds is 3. The van der Waals surface area contributed by atoms with Crippen LogP contribution in [0.5, 0.6) is 5.75 Å². The number of pyridine rings is 1. The summed E-state index contributed by atoms with van der Waals surface area (Å²) in [5.41, 5.74) is -1.39. The molecule has 0 aromatic carbocycles. The Balaban J connectivity index is 3.22. The molecule has 0 aliphatic rings. The average Bonchev–Trinajstić information content (AvgIpc) is 2.21. The molecule has 0 aliphatic carbocycles. The first-order chi connectivity index (χ1) is 8.24. The first-order valence-electron chi connectivity index (χ1n) is 4.91. The molecule has 1 aromatic rings. The van der Waals surface area contributed by atoms with Gasteiger partial charge in [-0.2, -0.15) is 0 Å². The molecule has 18 heavy (non-hydrogen) atoms. The van der Waals surface area contributed by atoms with Crippen LogP contribution in [0.2, 0.25) is 0 Å². The van der Waals surface area contributed by atoms with E-state index in [1.807, 2.05) is 0 Å². The van der Waals surface area contributed by atoms with Crippen molar-refractivity contribution < 1.29 is 27.4 Å². The predicted molar refractivity (Wildman–Crippen MR) is 54.4 cm³/mol. The number of alkyl halides is 3. The smallest absolute Gasteiger partial charge is 0.461 e. The van der Waals surface area contributed by atoms with Crippen molar-refractivity contribution in [3.05, 3.63) is 27.7 Å². The van der Waals surface area contributed by atoms with Gasteiger partial charge in [-0.3, -0.25) is 4.79 Å². The number of carbonyl (C=O) groups is 1. The lowest BCUT2D eigenvalue weighted by atomic mass is 10.2. The quantitative estimate of drug-likeness (QED) is 0.845. The second-order valence-corrected chi connectivity index (χ2v) is 3.27. The summed E-state index contributed by atoms with van der Waals surface area (Å²) in [7, 11) is 0. The maximum Gasteiger partial charge on any atom is 0.573 e. The third-order valence-corrected chi connectivity index (χ3v) is 1.96. The van der Waals surface area contributed by atoms with Crippen molar-refractivity contribution in [3.8, 4) is 5.75 Å². The monoisotopic (exact) mass is 265 g/mol. The number of nitrogens with one attached hydrogen (secondary N) is 1. The van der Waals surface area contributed by atoms with E-state index in [1.54, 1.807) is 0 Å². The fraction of sp³-hybridized carbons (Fsp3) is 0.400. The van der Waals surface area contributed by atoms with Gasteiger partial charge in [0.25, 0.3) is 5.56 Å². The molecule has 0 fully saturated rings. The second kappa shape index (κ2) is 5.11. The highest BCUT2D eigenvalue weighted by Crippen LogP contribution is 2.25. The molecule has 1 aromatic heterocycles. The van der Waals surface area contributed by atoms with Crippen LogP contribution in [0, 0.1) is 6.92 Å². The van der Waals surface area contributed by atoms with E-state index in [0.717, 1.165) is 0 Å². The van der Waals surface area contributed by atoms with Crippen molar-refractivity contribution in [2.75, 3.05) is 6.61 Å². The highest BCUT2D eigenvalue weighted by Gasteiger charge is 2.32. The van der Waals surface area contributed by atoms with Gasteiger partial charge in [0.15, 0.2) is 0 Å². The maximum absolute atomic E-state index is 12.1. The van der Waals surface area contributed by atoms with Gasteiger partial charge in [0.05, 0.1) is 6.61 Å². The molecule has 1 N–H and O–H groups in total. The number of aromatic amines is 1. The Kier molecular flexibility index (Phi) is 4.00. The number of H-pyrrole nitrogens is 1. The van der Waals surface area contributed by atoms with E-state index in [9.17, 15) is 22.8 Å². The van der Waals surface area contributed by atoms with Gasteiger partial charge >= 0.3 is 12.3 Å². The summed E-state index contributed by atoms with van der Waals surface area (Å²) in [5.74, 6) is -1.64. The SMILES string of the molecule is CCOC(=O)c1[nH]c(=O)cc(OC(F)(F)F)c1C. The van der Waals surface area contributed by atoms with Gasteiger partial charge in [-0.25, -0.2) is 4.79 Å². The molecule has 1 heterocycles. The number of ether oxygens (including phenoxy) is 2. The standard InChI is InChI=1S/C10H10F3NO4/c1-3-17-9(16)8-5(2)6(4-7(15)14-8)18-10(11,12)13/h4H,3H2,1-2H3,(H,14,15). The highest BCUT2D eigenvalue weighted by atomic mass is 19.4. The molecule has 100 valence electrons. The highest BCUT2D eigenvalue weighted by molar-refractivity contribution is 5.89. The van der Waals surface area contributed by atoms with Gasteiger partial charge in [-0.05, 0) is 13.8 Å². The molecule has 0 spiro atoms. The first kappa shape index (κ1) is 14.1. The predicted octanol–water partition coefficient (Wildman–Crippen LogP) is 1.76. The number of hydrogen-bond donors (Lipinski definition) is 1. The molecule has 1 rings (SSSR count). The van der Waals surface area contributed by atoms with Crippen LogP contribution in [0.3, 0.4) is 0 Å². The summed E-state index contributed by atoms with van der Waals surface area (Å²) in [4.78, 5) is 24.7. The van der Waals surface area contributed by atoms with Gasteiger partial charge < -0.3 is 14.5 Å². The molecule has 0 amide bonds. The molecule has 0 atom stereocenters. The zero-order chi connectivity index (χ0) is 13.9. The third-order valence-electron chi connectivity index (χ3n) is 1.96. The second-order valence-electron chi connectivity index (χ2n) is 3.27. The molecule has 0 bridgehead atoms. The maximum atomic E-state index is 12.1. The molecule has 0 unspecified atom stereocenters. The minimum atomic E-state index is -4.94. The molecular weight excluding hydrogens is 255 g/mol. The summed E-state index contributed by atoms with van der Waals surface area (Å²) < 4.78 is 44.5. The molecule has 5 nitrogen and oxygen atoms in total. The van der Waals surface area contributed by atoms with E-state index in [2.05, 4.69) is 14.5 Å². The van der Waals surface area contributed by atoms with Crippen LogP contribution in [0.25, 0.3) is 0 Å². The fourth-order valence-corrected chi connectivity index (χ4v) is 1.24. The minimum Gasteiger partial charge on any atom is -0.461 e. The van der Waals surface area contributed by atoms with Crippen molar-refractivity contribution in [2.45, 2.75) is 20.2 Å². The van der Waals surface area contributed by atoms with Crippen LogP contribution in [-0.2, 0) is 4.74 Å². The summed E-state index contributed by atoms with van der Waals surface area (Å²) >= 11 is 0. The third kappa shape index (κ3) is 3.51. The largest absolute Gasteiger partial charge is 0.573 e. The molecular formula is C10H10F3NO4. The van der Waals surface area contributed by atoms with E-state index in [4.69, 9.17) is 0 Å². The van der Waals surface area contributed by atoms with Gasteiger partial charge in [0.1, 0.15) is 11.4 Å². The number of hydrogen-bond acceptors (Lipinski definition) is 4. The van der Waals surface area contributed by atoms with Gasteiger partial charge in [0, 0.05) is 11.6 Å². The van der Waals surface area contributed by atoms with Gasteiger partial charge in [-0.1, -0.05) is 0 Å². The van der Waals surface area contributed by atoms with Crippen LogP contribution >= 0.6 is 0 Å². The van der Waals surface area contributed by atoms with E-state index in [0.29, 0.717) is 6.07 Å². The Bertz CT molecular complexity index is 507. The zero-order valence-corrected chi connectivity index (χ0v) is 9.55. The number of carbonyl (C=O) groups excluding carboxylic acids is 1. The number of aromatic nitrogens is 1. The van der Waals surface area contributed by atoms with Crippen molar-refractivity contribution in [1.82, 2.24) is 4.98 Å². The Morgan fingerprint density at radius 2 is 2.06 bits per heavy atom. The van der Waals surface area contributed by atoms with Crippen molar-refractivity contribution >= 4 is 5.97 Å². The van der Waals surface area contributed by atoms with Crippen molar-refractivity contribution in [2.24, 2.45) is 0 Å². The Morgan fingerprint density at radius 1 is 1.44 bits per heavy atom. The van der Waals surface area contributed by atoms with Gasteiger partial charge in [0.2, 0.25) is 0 Å². The minimum absolute atomic E-state index is 0.0324. The Morgan fingerprint density at radius 3 is 2.56 bits per heavy atom.